The standard InChI is InChI=1S/C11H6BrF2NO/c12-7-1-2-9(13)10(5-7)16-8-3-4-15-11(14)6-8/h1-6H. The molecule has 0 saturated heterocycles. The van der Waals surface area contributed by atoms with Crippen molar-refractivity contribution in [2.24, 2.45) is 0 Å². The molecule has 1 aromatic carbocycles. The highest BCUT2D eigenvalue weighted by Crippen LogP contribution is 2.27. The molecule has 1 heterocycles. The summed E-state index contributed by atoms with van der Waals surface area (Å²) in [5.74, 6) is -0.960. The average Bonchev–Trinajstić information content (AvgIpc) is 2.24. The van der Waals surface area contributed by atoms with Gasteiger partial charge < -0.3 is 4.74 Å². The minimum absolute atomic E-state index is 0.0278. The number of rotatable bonds is 2. The second-order valence-corrected chi connectivity index (χ2v) is 3.91. The first-order valence-corrected chi connectivity index (χ1v) is 5.19. The molecular weight excluding hydrogens is 280 g/mol. The Hall–Kier alpha value is -1.49. The van der Waals surface area contributed by atoms with Crippen LogP contribution in [0.3, 0.4) is 0 Å². The number of benzene rings is 1. The molecule has 2 nitrogen and oxygen atoms in total. The average molecular weight is 286 g/mol. The first-order chi connectivity index (χ1) is 7.65. The van der Waals surface area contributed by atoms with Crippen molar-refractivity contribution in [3.8, 4) is 11.5 Å². The van der Waals surface area contributed by atoms with Gasteiger partial charge >= 0.3 is 0 Å². The van der Waals surface area contributed by atoms with Crippen molar-refractivity contribution in [1.29, 1.82) is 0 Å². The molecule has 0 amide bonds. The van der Waals surface area contributed by atoms with Gasteiger partial charge in [-0.15, -0.1) is 0 Å². The van der Waals surface area contributed by atoms with Gasteiger partial charge in [0.2, 0.25) is 5.95 Å². The van der Waals surface area contributed by atoms with E-state index in [4.69, 9.17) is 4.74 Å². The molecule has 82 valence electrons. The molecule has 0 unspecified atom stereocenters. The number of nitrogens with zero attached hydrogens (tertiary/aromatic N) is 1. The van der Waals surface area contributed by atoms with E-state index < -0.39 is 11.8 Å². The lowest BCUT2D eigenvalue weighted by molar-refractivity contribution is 0.436. The smallest absolute Gasteiger partial charge is 0.216 e. The van der Waals surface area contributed by atoms with Gasteiger partial charge in [-0.1, -0.05) is 15.9 Å². The summed E-state index contributed by atoms with van der Waals surface area (Å²) in [6.45, 7) is 0. The summed E-state index contributed by atoms with van der Waals surface area (Å²) in [5, 5.41) is 0. The third-order valence-corrected chi connectivity index (χ3v) is 2.31. The fourth-order valence-electron chi connectivity index (χ4n) is 1.13. The lowest BCUT2D eigenvalue weighted by Crippen LogP contribution is -1.90. The van der Waals surface area contributed by atoms with Crippen molar-refractivity contribution in [2.75, 3.05) is 0 Å². The second kappa shape index (κ2) is 4.57. The van der Waals surface area contributed by atoms with Crippen molar-refractivity contribution >= 4 is 15.9 Å². The Labute approximate surface area is 99.0 Å². The fourth-order valence-corrected chi connectivity index (χ4v) is 1.47. The monoisotopic (exact) mass is 285 g/mol. The van der Waals surface area contributed by atoms with Crippen molar-refractivity contribution < 1.29 is 13.5 Å². The van der Waals surface area contributed by atoms with E-state index in [1.165, 1.54) is 24.4 Å². The van der Waals surface area contributed by atoms with Gasteiger partial charge in [-0.25, -0.2) is 9.37 Å². The Kier molecular flexibility index (Phi) is 3.14. The van der Waals surface area contributed by atoms with E-state index >= 15 is 0 Å². The lowest BCUT2D eigenvalue weighted by atomic mass is 10.3. The molecule has 2 rings (SSSR count). The molecule has 2 aromatic rings. The number of hydrogen-bond donors (Lipinski definition) is 0. The van der Waals surface area contributed by atoms with Gasteiger partial charge in [0.25, 0.3) is 0 Å². The number of ether oxygens (including phenoxy) is 1. The zero-order chi connectivity index (χ0) is 11.5. The maximum absolute atomic E-state index is 13.3. The van der Waals surface area contributed by atoms with Gasteiger partial charge in [0, 0.05) is 16.7 Å². The highest BCUT2D eigenvalue weighted by atomic mass is 79.9. The van der Waals surface area contributed by atoms with E-state index in [9.17, 15) is 8.78 Å². The predicted molar refractivity (Wildman–Crippen MR) is 58.4 cm³/mol. The number of halogens is 3. The zero-order valence-corrected chi connectivity index (χ0v) is 9.54. The van der Waals surface area contributed by atoms with Crippen LogP contribution in [-0.2, 0) is 0 Å². The molecular formula is C11H6BrF2NO. The van der Waals surface area contributed by atoms with E-state index in [1.807, 2.05) is 0 Å². The Morgan fingerprint density at radius 2 is 1.94 bits per heavy atom. The van der Waals surface area contributed by atoms with Crippen LogP contribution in [0.1, 0.15) is 0 Å². The molecule has 0 aliphatic carbocycles. The quantitative estimate of drug-likeness (QED) is 0.781. The van der Waals surface area contributed by atoms with Crippen LogP contribution in [0.5, 0.6) is 11.5 Å². The van der Waals surface area contributed by atoms with Gasteiger partial charge in [-0.2, -0.15) is 4.39 Å². The molecule has 0 aliphatic heterocycles. The van der Waals surface area contributed by atoms with Crippen LogP contribution in [-0.4, -0.2) is 4.98 Å². The molecule has 0 fully saturated rings. The summed E-state index contributed by atoms with van der Waals surface area (Å²) in [5.41, 5.74) is 0. The van der Waals surface area contributed by atoms with E-state index in [0.29, 0.717) is 4.47 Å². The molecule has 0 radical (unpaired) electrons. The van der Waals surface area contributed by atoms with Crippen molar-refractivity contribution in [2.45, 2.75) is 0 Å². The van der Waals surface area contributed by atoms with Crippen molar-refractivity contribution in [1.82, 2.24) is 4.98 Å². The van der Waals surface area contributed by atoms with E-state index in [2.05, 4.69) is 20.9 Å². The molecule has 16 heavy (non-hydrogen) atoms. The van der Waals surface area contributed by atoms with Crippen LogP contribution in [0.4, 0.5) is 8.78 Å². The Balaban J connectivity index is 2.30. The van der Waals surface area contributed by atoms with Crippen LogP contribution in [0.15, 0.2) is 41.0 Å². The summed E-state index contributed by atoms with van der Waals surface area (Å²) in [4.78, 5) is 3.37. The molecule has 1 aromatic heterocycles. The van der Waals surface area contributed by atoms with Crippen LogP contribution in [0.2, 0.25) is 0 Å². The van der Waals surface area contributed by atoms with Crippen LogP contribution < -0.4 is 4.74 Å². The maximum atomic E-state index is 13.3. The van der Waals surface area contributed by atoms with E-state index in [0.717, 1.165) is 6.07 Å². The highest BCUT2D eigenvalue weighted by Gasteiger charge is 2.06. The molecule has 0 aliphatic rings. The summed E-state index contributed by atoms with van der Waals surface area (Å²) >= 11 is 3.19. The Morgan fingerprint density at radius 3 is 2.69 bits per heavy atom. The van der Waals surface area contributed by atoms with Gasteiger partial charge in [0.05, 0.1) is 0 Å². The normalized spacial score (nSPS) is 10.2. The topological polar surface area (TPSA) is 22.1 Å². The largest absolute Gasteiger partial charge is 0.454 e. The minimum Gasteiger partial charge on any atom is -0.454 e. The van der Waals surface area contributed by atoms with Crippen molar-refractivity contribution in [3.05, 3.63) is 52.8 Å². The molecule has 0 saturated carbocycles. The van der Waals surface area contributed by atoms with Crippen molar-refractivity contribution in [3.63, 3.8) is 0 Å². The molecule has 0 bridgehead atoms. The van der Waals surface area contributed by atoms with E-state index in [1.54, 1.807) is 6.07 Å². The van der Waals surface area contributed by atoms with Gasteiger partial charge in [-0.05, 0) is 24.3 Å². The van der Waals surface area contributed by atoms with Crippen LogP contribution >= 0.6 is 15.9 Å². The Morgan fingerprint density at radius 1 is 1.12 bits per heavy atom. The Bertz CT molecular complexity index is 519. The molecule has 0 atom stereocenters. The fraction of sp³-hybridized carbons (Fsp3) is 0. The summed E-state index contributed by atoms with van der Waals surface area (Å²) < 4.78 is 31.9. The van der Waals surface area contributed by atoms with Gasteiger partial charge in [0.15, 0.2) is 11.6 Å². The van der Waals surface area contributed by atoms with E-state index in [-0.39, 0.29) is 11.5 Å². The minimum atomic E-state index is -0.673. The first kappa shape index (κ1) is 11.0. The zero-order valence-electron chi connectivity index (χ0n) is 7.95. The maximum Gasteiger partial charge on any atom is 0.216 e. The highest BCUT2D eigenvalue weighted by molar-refractivity contribution is 9.10. The lowest BCUT2D eigenvalue weighted by Gasteiger charge is -2.06. The summed E-state index contributed by atoms with van der Waals surface area (Å²) in [7, 11) is 0. The summed E-state index contributed by atoms with van der Waals surface area (Å²) in [6.07, 6.45) is 1.25. The number of pyridine rings is 1. The summed E-state index contributed by atoms with van der Waals surface area (Å²) in [6, 6.07) is 6.81. The third-order valence-electron chi connectivity index (χ3n) is 1.82. The van der Waals surface area contributed by atoms with Gasteiger partial charge in [-0.3, -0.25) is 0 Å². The van der Waals surface area contributed by atoms with Crippen LogP contribution in [0, 0.1) is 11.8 Å². The number of aromatic nitrogens is 1. The number of hydrogen-bond acceptors (Lipinski definition) is 2. The van der Waals surface area contributed by atoms with Gasteiger partial charge in [0.1, 0.15) is 5.75 Å². The molecule has 0 N–H and O–H groups in total. The first-order valence-electron chi connectivity index (χ1n) is 4.39. The predicted octanol–water partition coefficient (Wildman–Crippen LogP) is 3.91. The van der Waals surface area contributed by atoms with Crippen LogP contribution in [0.25, 0.3) is 0 Å². The molecule has 5 heteroatoms. The second-order valence-electron chi connectivity index (χ2n) is 2.99. The SMILES string of the molecule is Fc1cc(Oc2cc(Br)ccc2F)ccn1. The molecule has 0 spiro atoms. The third kappa shape index (κ3) is 2.55.